The van der Waals surface area contributed by atoms with Crippen LogP contribution < -0.4 is 15.4 Å². The molecule has 1 aliphatic rings. The van der Waals surface area contributed by atoms with Crippen LogP contribution in [-0.2, 0) is 6.54 Å². The third-order valence-corrected chi connectivity index (χ3v) is 4.61. The van der Waals surface area contributed by atoms with E-state index in [9.17, 15) is 9.18 Å². The van der Waals surface area contributed by atoms with Gasteiger partial charge in [-0.1, -0.05) is 12.1 Å². The lowest BCUT2D eigenvalue weighted by Crippen LogP contribution is -2.28. The van der Waals surface area contributed by atoms with Crippen molar-refractivity contribution in [1.29, 1.82) is 0 Å². The highest BCUT2D eigenvalue weighted by Crippen LogP contribution is 2.29. The second-order valence-electron chi connectivity index (χ2n) is 5.61. The Kier molecular flexibility index (Phi) is 4.99. The summed E-state index contributed by atoms with van der Waals surface area (Å²) < 4.78 is 20.6. The van der Waals surface area contributed by atoms with Gasteiger partial charge in [0.15, 0.2) is 11.6 Å². The first-order valence-corrected chi connectivity index (χ1v) is 8.44. The van der Waals surface area contributed by atoms with Gasteiger partial charge in [0.05, 0.1) is 22.0 Å². The molecule has 2 N–H and O–H groups in total. The summed E-state index contributed by atoms with van der Waals surface area (Å²) in [5.74, 6) is -0.185. The summed E-state index contributed by atoms with van der Waals surface area (Å²) in [6, 6.07) is 6.21. The number of halogens is 2. The number of anilines is 1. The minimum absolute atomic E-state index is 0.0707. The maximum Gasteiger partial charge on any atom is 0.319 e. The summed E-state index contributed by atoms with van der Waals surface area (Å²) in [5, 5.41) is 5.35. The largest absolute Gasteiger partial charge is 0.487 e. The van der Waals surface area contributed by atoms with Crippen molar-refractivity contribution in [3.63, 3.8) is 0 Å². The predicted molar refractivity (Wildman–Crippen MR) is 92.6 cm³/mol. The average molecular weight is 394 g/mol. The van der Waals surface area contributed by atoms with Gasteiger partial charge in [0.1, 0.15) is 0 Å². The number of nitrogens with zero attached hydrogens (tertiary/aromatic N) is 1. The highest BCUT2D eigenvalue weighted by atomic mass is 79.9. The monoisotopic (exact) mass is 393 g/mol. The van der Waals surface area contributed by atoms with Crippen LogP contribution in [0.2, 0.25) is 0 Å². The van der Waals surface area contributed by atoms with Gasteiger partial charge >= 0.3 is 6.03 Å². The van der Waals surface area contributed by atoms with Gasteiger partial charge in [-0.2, -0.15) is 0 Å². The number of hydrogen-bond donors (Lipinski definition) is 2. The number of urea groups is 1. The number of rotatable bonds is 5. The number of nitrogens with one attached hydrogen (secondary N) is 2. The van der Waals surface area contributed by atoms with E-state index in [1.165, 1.54) is 0 Å². The Labute approximate surface area is 147 Å². The Bertz CT molecular complexity index is 765. The second kappa shape index (κ2) is 7.17. The fraction of sp³-hybridized carbons (Fsp3) is 0.294. The second-order valence-corrected chi connectivity index (χ2v) is 6.41. The molecule has 2 aromatic rings. The van der Waals surface area contributed by atoms with E-state index in [2.05, 4.69) is 31.5 Å². The van der Waals surface area contributed by atoms with Crippen LogP contribution in [0.5, 0.6) is 5.75 Å². The summed E-state index contributed by atoms with van der Waals surface area (Å²) in [6.45, 7) is 1.90. The van der Waals surface area contributed by atoms with Crippen molar-refractivity contribution in [3.8, 4) is 5.75 Å². The normalized spacial score (nSPS) is 13.5. The molecule has 0 bridgehead atoms. The molecule has 1 fully saturated rings. The molecule has 24 heavy (non-hydrogen) atoms. The molecule has 1 aromatic heterocycles. The fourth-order valence-corrected chi connectivity index (χ4v) is 2.47. The van der Waals surface area contributed by atoms with Crippen LogP contribution in [0.25, 0.3) is 0 Å². The molecule has 5 nitrogen and oxygen atoms in total. The molecule has 126 valence electrons. The molecule has 0 unspecified atom stereocenters. The molecular formula is C17H17BrFN3O2. The first kappa shape index (κ1) is 16.7. The molecule has 0 radical (unpaired) electrons. The number of aryl methyl sites for hydroxylation is 1. The molecule has 2 amide bonds. The van der Waals surface area contributed by atoms with Crippen LogP contribution >= 0.6 is 15.9 Å². The van der Waals surface area contributed by atoms with Crippen LogP contribution in [0.4, 0.5) is 14.9 Å². The highest BCUT2D eigenvalue weighted by molar-refractivity contribution is 9.10. The lowest BCUT2D eigenvalue weighted by Gasteiger charge is -2.12. The van der Waals surface area contributed by atoms with Crippen molar-refractivity contribution in [2.45, 2.75) is 32.4 Å². The number of carbonyl (C=O) groups is 1. The Morgan fingerprint density at radius 2 is 2.21 bits per heavy atom. The smallest absolute Gasteiger partial charge is 0.319 e. The minimum Gasteiger partial charge on any atom is -0.487 e. The molecular weight excluding hydrogens is 377 g/mol. The topological polar surface area (TPSA) is 63.2 Å². The molecule has 0 spiro atoms. The number of pyridine rings is 1. The average Bonchev–Trinajstić information content (AvgIpc) is 3.37. The van der Waals surface area contributed by atoms with E-state index in [-0.39, 0.29) is 18.4 Å². The summed E-state index contributed by atoms with van der Waals surface area (Å²) in [5.41, 5.74) is 1.75. The van der Waals surface area contributed by atoms with E-state index in [1.54, 1.807) is 30.5 Å². The predicted octanol–water partition coefficient (Wildman–Crippen LogP) is 4.15. The number of benzene rings is 1. The van der Waals surface area contributed by atoms with E-state index in [4.69, 9.17) is 4.74 Å². The zero-order valence-electron chi connectivity index (χ0n) is 13.1. The van der Waals surface area contributed by atoms with Crippen molar-refractivity contribution in [2.75, 3.05) is 5.32 Å². The fourth-order valence-electron chi connectivity index (χ4n) is 2.14. The third kappa shape index (κ3) is 4.03. The highest BCUT2D eigenvalue weighted by Gasteiger charge is 2.25. The van der Waals surface area contributed by atoms with E-state index in [1.807, 2.05) is 6.92 Å². The Hall–Kier alpha value is -2.15. The molecule has 1 aromatic carbocycles. The van der Waals surface area contributed by atoms with Crippen molar-refractivity contribution in [2.24, 2.45) is 0 Å². The number of ether oxygens (including phenoxy) is 1. The summed E-state index contributed by atoms with van der Waals surface area (Å²) in [4.78, 5) is 16.1. The Morgan fingerprint density at radius 3 is 2.96 bits per heavy atom. The van der Waals surface area contributed by atoms with Crippen molar-refractivity contribution in [1.82, 2.24) is 10.3 Å². The Balaban J connectivity index is 1.61. The van der Waals surface area contributed by atoms with Crippen molar-refractivity contribution < 1.29 is 13.9 Å². The molecule has 1 heterocycles. The maximum atomic E-state index is 14.3. The van der Waals surface area contributed by atoms with E-state index in [0.29, 0.717) is 15.7 Å². The molecule has 0 saturated heterocycles. The van der Waals surface area contributed by atoms with Crippen LogP contribution in [0.3, 0.4) is 0 Å². The number of aromatic nitrogens is 1. The van der Waals surface area contributed by atoms with Crippen LogP contribution in [-0.4, -0.2) is 17.1 Å². The van der Waals surface area contributed by atoms with Gasteiger partial charge in [-0.25, -0.2) is 9.18 Å². The molecule has 3 rings (SSSR count). The molecule has 0 atom stereocenters. The standard InChI is InChI=1S/C17H17BrFN3O2/c1-10-15(18)13(7-8-20-10)22-17(23)21-9-11-3-2-4-14(16(11)19)24-12-5-6-12/h2-4,7-8,12H,5-6,9H2,1H3,(H2,20,21,22,23). The first-order chi connectivity index (χ1) is 11.5. The quantitative estimate of drug-likeness (QED) is 0.801. The number of carbonyl (C=O) groups excluding carboxylic acids is 1. The lowest BCUT2D eigenvalue weighted by molar-refractivity contribution is 0.251. The van der Waals surface area contributed by atoms with E-state index < -0.39 is 11.8 Å². The van der Waals surface area contributed by atoms with Crippen LogP contribution in [0, 0.1) is 12.7 Å². The molecule has 0 aliphatic heterocycles. The van der Waals surface area contributed by atoms with Gasteiger partial charge in [-0.3, -0.25) is 4.98 Å². The van der Waals surface area contributed by atoms with Gasteiger partial charge in [0, 0.05) is 18.3 Å². The molecule has 7 heteroatoms. The summed E-state index contributed by atoms with van der Waals surface area (Å²) >= 11 is 3.37. The van der Waals surface area contributed by atoms with Gasteiger partial charge in [-0.15, -0.1) is 0 Å². The first-order valence-electron chi connectivity index (χ1n) is 7.64. The lowest BCUT2D eigenvalue weighted by atomic mass is 10.2. The van der Waals surface area contributed by atoms with E-state index >= 15 is 0 Å². The van der Waals surface area contributed by atoms with Gasteiger partial charge < -0.3 is 15.4 Å². The Morgan fingerprint density at radius 1 is 1.42 bits per heavy atom. The number of amides is 2. The zero-order chi connectivity index (χ0) is 17.1. The molecule has 1 saturated carbocycles. The van der Waals surface area contributed by atoms with Gasteiger partial charge in [0.2, 0.25) is 0 Å². The van der Waals surface area contributed by atoms with Crippen molar-refractivity contribution in [3.05, 3.63) is 52.0 Å². The van der Waals surface area contributed by atoms with Crippen LogP contribution in [0.1, 0.15) is 24.1 Å². The van der Waals surface area contributed by atoms with Gasteiger partial charge in [0.25, 0.3) is 0 Å². The SMILES string of the molecule is Cc1nccc(NC(=O)NCc2cccc(OC3CC3)c2F)c1Br. The summed E-state index contributed by atoms with van der Waals surface area (Å²) in [7, 11) is 0. The third-order valence-electron chi connectivity index (χ3n) is 3.61. The van der Waals surface area contributed by atoms with E-state index in [0.717, 1.165) is 18.5 Å². The summed E-state index contributed by atoms with van der Waals surface area (Å²) in [6.07, 6.45) is 3.65. The number of hydrogen-bond acceptors (Lipinski definition) is 3. The van der Waals surface area contributed by atoms with Crippen LogP contribution in [0.15, 0.2) is 34.9 Å². The molecule has 1 aliphatic carbocycles. The minimum atomic E-state index is -0.425. The van der Waals surface area contributed by atoms with Gasteiger partial charge in [-0.05, 0) is 47.8 Å². The zero-order valence-corrected chi connectivity index (χ0v) is 14.7. The maximum absolute atomic E-state index is 14.3. The van der Waals surface area contributed by atoms with Crippen molar-refractivity contribution >= 4 is 27.6 Å².